The van der Waals surface area contributed by atoms with Crippen LogP contribution >= 0.6 is 0 Å². The van der Waals surface area contributed by atoms with Gasteiger partial charge in [-0.1, -0.05) is 76.8 Å². The maximum Gasteiger partial charge on any atom is -0.0134 e. The standard InChI is InChI=1S/C30H50/c1-10-30(22-21-25(4)5)29(9)23-28(8)17-12-11-16-26(6)19-14-20-27(7)18-13-15-24(2)3/h10,15-17,20-21,29H,11-14,18-19,22-23H2,1-9H3/b26-16+,27-20+,28-17+,30-10-/t29-/m1/s1. The summed E-state index contributed by atoms with van der Waals surface area (Å²) in [5.74, 6) is 0.630. The number of unbranched alkanes of at least 4 members (excludes halogenated alkanes) is 1. The summed E-state index contributed by atoms with van der Waals surface area (Å²) in [6.07, 6.45) is 23.6. The van der Waals surface area contributed by atoms with E-state index in [9.17, 15) is 0 Å². The molecule has 0 unspecified atom stereocenters. The lowest BCUT2D eigenvalue weighted by Crippen LogP contribution is -2.00. The molecule has 0 aliphatic carbocycles. The third kappa shape index (κ3) is 16.3. The molecule has 0 radical (unpaired) electrons. The van der Waals surface area contributed by atoms with Gasteiger partial charge >= 0.3 is 0 Å². The van der Waals surface area contributed by atoms with Crippen molar-refractivity contribution in [1.29, 1.82) is 0 Å². The normalized spacial score (nSPS) is 14.6. The highest BCUT2D eigenvalue weighted by Gasteiger charge is 2.07. The molecular weight excluding hydrogens is 360 g/mol. The van der Waals surface area contributed by atoms with E-state index in [4.69, 9.17) is 0 Å². The first kappa shape index (κ1) is 28.4. The van der Waals surface area contributed by atoms with Gasteiger partial charge in [-0.3, -0.25) is 0 Å². The molecule has 0 aromatic heterocycles. The molecular formula is C30H50. The smallest absolute Gasteiger partial charge is 0.0134 e. The molecule has 0 nitrogen and oxygen atoms in total. The quantitative estimate of drug-likeness (QED) is 0.197. The average Bonchev–Trinajstić information content (AvgIpc) is 2.65. The van der Waals surface area contributed by atoms with Crippen LogP contribution < -0.4 is 0 Å². The zero-order chi connectivity index (χ0) is 22.9. The van der Waals surface area contributed by atoms with Crippen LogP contribution in [-0.2, 0) is 0 Å². The van der Waals surface area contributed by atoms with Gasteiger partial charge in [-0.15, -0.1) is 0 Å². The maximum absolute atomic E-state index is 2.45. The molecule has 0 heterocycles. The Morgan fingerprint density at radius 2 is 1.07 bits per heavy atom. The van der Waals surface area contributed by atoms with Crippen molar-refractivity contribution in [3.8, 4) is 0 Å². The van der Waals surface area contributed by atoms with Crippen molar-refractivity contribution in [2.24, 2.45) is 5.92 Å². The largest absolute Gasteiger partial charge is 0.0879 e. The van der Waals surface area contributed by atoms with Gasteiger partial charge in [-0.25, -0.2) is 0 Å². The topological polar surface area (TPSA) is 0 Å². The lowest BCUT2D eigenvalue weighted by atomic mass is 9.90. The van der Waals surface area contributed by atoms with Crippen LogP contribution in [0.5, 0.6) is 0 Å². The van der Waals surface area contributed by atoms with Gasteiger partial charge in [0.15, 0.2) is 0 Å². The monoisotopic (exact) mass is 410 g/mol. The van der Waals surface area contributed by atoms with E-state index < -0.39 is 0 Å². The Morgan fingerprint density at radius 1 is 0.600 bits per heavy atom. The van der Waals surface area contributed by atoms with Crippen LogP contribution in [0.4, 0.5) is 0 Å². The first-order chi connectivity index (χ1) is 14.1. The van der Waals surface area contributed by atoms with Crippen molar-refractivity contribution >= 4 is 0 Å². The third-order valence-electron chi connectivity index (χ3n) is 5.65. The first-order valence-electron chi connectivity index (χ1n) is 12.0. The van der Waals surface area contributed by atoms with Gasteiger partial charge in [-0.05, 0) is 113 Å². The Morgan fingerprint density at radius 3 is 1.57 bits per heavy atom. The maximum atomic E-state index is 2.45. The summed E-state index contributed by atoms with van der Waals surface area (Å²) in [6.45, 7) is 20.1. The zero-order valence-corrected chi connectivity index (χ0v) is 21.7. The van der Waals surface area contributed by atoms with Crippen LogP contribution in [0.25, 0.3) is 0 Å². The van der Waals surface area contributed by atoms with E-state index in [0.717, 1.165) is 19.3 Å². The molecule has 0 saturated carbocycles. The molecule has 0 bridgehead atoms. The van der Waals surface area contributed by atoms with E-state index >= 15 is 0 Å². The Balaban J connectivity index is 4.30. The van der Waals surface area contributed by atoms with Crippen molar-refractivity contribution in [1.82, 2.24) is 0 Å². The van der Waals surface area contributed by atoms with Gasteiger partial charge in [0.05, 0.1) is 0 Å². The molecule has 0 aromatic carbocycles. The van der Waals surface area contributed by atoms with Crippen LogP contribution in [0.15, 0.2) is 69.9 Å². The highest BCUT2D eigenvalue weighted by Crippen LogP contribution is 2.23. The van der Waals surface area contributed by atoms with Gasteiger partial charge in [0.1, 0.15) is 0 Å². The molecule has 0 fully saturated rings. The fourth-order valence-electron chi connectivity index (χ4n) is 3.62. The molecule has 170 valence electrons. The average molecular weight is 411 g/mol. The SMILES string of the molecule is C/C=C(/CC=C(C)C)[C@H](C)C/C(C)=C/CC/C=C(\C)CC/C=C(\C)CCC=C(C)C. The van der Waals surface area contributed by atoms with Crippen LogP contribution in [0, 0.1) is 5.92 Å². The van der Waals surface area contributed by atoms with Crippen molar-refractivity contribution in [3.63, 3.8) is 0 Å². The molecule has 0 rings (SSSR count). The summed E-state index contributed by atoms with van der Waals surface area (Å²) in [5.41, 5.74) is 8.97. The molecule has 0 spiro atoms. The van der Waals surface area contributed by atoms with E-state index in [0.29, 0.717) is 5.92 Å². The van der Waals surface area contributed by atoms with Crippen molar-refractivity contribution in [2.75, 3.05) is 0 Å². The Bertz CT molecular complexity index is 650. The highest BCUT2D eigenvalue weighted by molar-refractivity contribution is 5.15. The van der Waals surface area contributed by atoms with E-state index in [-0.39, 0.29) is 0 Å². The summed E-state index contributed by atoms with van der Waals surface area (Å²) in [7, 11) is 0. The summed E-state index contributed by atoms with van der Waals surface area (Å²) in [5, 5.41) is 0. The minimum atomic E-state index is 0.630. The minimum absolute atomic E-state index is 0.630. The second-order valence-corrected chi connectivity index (χ2v) is 9.54. The van der Waals surface area contributed by atoms with Crippen LogP contribution in [-0.4, -0.2) is 0 Å². The first-order valence-corrected chi connectivity index (χ1v) is 12.0. The molecule has 30 heavy (non-hydrogen) atoms. The van der Waals surface area contributed by atoms with E-state index in [2.05, 4.69) is 98.8 Å². The zero-order valence-electron chi connectivity index (χ0n) is 21.7. The third-order valence-corrected chi connectivity index (χ3v) is 5.65. The Kier molecular flexibility index (Phi) is 16.3. The van der Waals surface area contributed by atoms with Gasteiger partial charge < -0.3 is 0 Å². The predicted molar refractivity (Wildman–Crippen MR) is 140 cm³/mol. The molecule has 0 amide bonds. The van der Waals surface area contributed by atoms with Gasteiger partial charge in [-0.2, -0.15) is 0 Å². The lowest BCUT2D eigenvalue weighted by molar-refractivity contribution is 0.653. The number of hydrogen-bond acceptors (Lipinski definition) is 0. The number of hydrogen-bond donors (Lipinski definition) is 0. The molecule has 0 heteroatoms. The Hall–Kier alpha value is -1.56. The van der Waals surface area contributed by atoms with Crippen LogP contribution in [0.1, 0.15) is 114 Å². The Labute approximate surface area is 189 Å². The number of rotatable bonds is 14. The van der Waals surface area contributed by atoms with Crippen LogP contribution in [0.2, 0.25) is 0 Å². The van der Waals surface area contributed by atoms with E-state index in [1.807, 2.05) is 0 Å². The summed E-state index contributed by atoms with van der Waals surface area (Å²) in [6, 6.07) is 0. The molecule has 0 N–H and O–H groups in total. The highest BCUT2D eigenvalue weighted by atomic mass is 14.1. The van der Waals surface area contributed by atoms with Crippen molar-refractivity contribution < 1.29 is 0 Å². The molecule has 0 aliphatic heterocycles. The second kappa shape index (κ2) is 17.2. The number of allylic oxidation sites excluding steroid dienone is 12. The predicted octanol–water partition coefficient (Wildman–Crippen LogP) is 10.5. The molecule has 0 aromatic rings. The summed E-state index contributed by atoms with van der Waals surface area (Å²) < 4.78 is 0. The summed E-state index contributed by atoms with van der Waals surface area (Å²) >= 11 is 0. The fourth-order valence-corrected chi connectivity index (χ4v) is 3.62. The van der Waals surface area contributed by atoms with Gasteiger partial charge in [0.2, 0.25) is 0 Å². The molecule has 0 aliphatic rings. The van der Waals surface area contributed by atoms with Crippen molar-refractivity contribution in [2.45, 2.75) is 114 Å². The molecule has 1 atom stereocenters. The van der Waals surface area contributed by atoms with E-state index in [1.54, 1.807) is 5.57 Å². The van der Waals surface area contributed by atoms with E-state index in [1.165, 1.54) is 60.0 Å². The summed E-state index contributed by atoms with van der Waals surface area (Å²) in [4.78, 5) is 0. The lowest BCUT2D eigenvalue weighted by Gasteiger charge is -2.15. The molecule has 0 saturated heterocycles. The second-order valence-electron chi connectivity index (χ2n) is 9.54. The van der Waals surface area contributed by atoms with Crippen molar-refractivity contribution in [3.05, 3.63) is 69.9 Å². The van der Waals surface area contributed by atoms with Gasteiger partial charge in [0.25, 0.3) is 0 Å². The fraction of sp³-hybridized carbons (Fsp3) is 0.600. The van der Waals surface area contributed by atoms with Crippen LogP contribution in [0.3, 0.4) is 0 Å². The van der Waals surface area contributed by atoms with Gasteiger partial charge in [0, 0.05) is 0 Å². The minimum Gasteiger partial charge on any atom is -0.0879 e.